The molecule has 0 aliphatic heterocycles. The number of unbranched alkanes of at least 4 members (excludes halogenated alkanes) is 32. The second-order valence-corrected chi connectivity index (χ2v) is 28.1. The number of hydrogen-bond acceptors (Lipinski definition) is 7. The monoisotopic (exact) mass is 1330 g/mol. The molecule has 0 aliphatic carbocycles. The van der Waals surface area contributed by atoms with Gasteiger partial charge in [0.1, 0.15) is 19.8 Å². The number of allylic oxidation sites excluding steroid dienone is 24. The summed E-state index contributed by atoms with van der Waals surface area (Å²) in [5.74, 6) is -0.806. The number of quaternary nitrogens is 1. The lowest BCUT2D eigenvalue weighted by atomic mass is 10.0. The highest BCUT2D eigenvalue weighted by atomic mass is 31.2. The van der Waals surface area contributed by atoms with Crippen molar-refractivity contribution >= 4 is 19.8 Å². The van der Waals surface area contributed by atoms with Crippen LogP contribution in [0.3, 0.4) is 0 Å². The van der Waals surface area contributed by atoms with Gasteiger partial charge in [0.15, 0.2) is 6.10 Å². The summed E-state index contributed by atoms with van der Waals surface area (Å²) in [6, 6.07) is 0. The van der Waals surface area contributed by atoms with Crippen molar-refractivity contribution in [2.45, 2.75) is 328 Å². The minimum atomic E-state index is -4.41. The van der Waals surface area contributed by atoms with Crippen molar-refractivity contribution in [3.05, 3.63) is 146 Å². The summed E-state index contributed by atoms with van der Waals surface area (Å²) in [6.07, 6.45) is 108. The fourth-order valence-corrected chi connectivity index (χ4v) is 11.3. The molecule has 0 fully saturated rings. The molecule has 0 radical (unpaired) electrons. The van der Waals surface area contributed by atoms with E-state index < -0.39 is 26.5 Å². The van der Waals surface area contributed by atoms with Gasteiger partial charge in [0, 0.05) is 12.8 Å². The van der Waals surface area contributed by atoms with Crippen LogP contribution in [0, 0.1) is 0 Å². The van der Waals surface area contributed by atoms with Crippen molar-refractivity contribution < 1.29 is 42.1 Å². The molecule has 0 aromatic rings. The van der Waals surface area contributed by atoms with Gasteiger partial charge in [0.25, 0.3) is 0 Å². The molecule has 0 bridgehead atoms. The quantitative estimate of drug-likeness (QED) is 0.0211. The Labute approximate surface area is 580 Å². The van der Waals surface area contributed by atoms with Crippen molar-refractivity contribution in [3.8, 4) is 0 Å². The zero-order chi connectivity index (χ0) is 68.3. The average molecular weight is 1330 g/mol. The highest BCUT2D eigenvalue weighted by Gasteiger charge is 2.27. The molecule has 0 amide bonds. The van der Waals surface area contributed by atoms with Gasteiger partial charge in [-0.05, 0) is 116 Å². The molecule has 94 heavy (non-hydrogen) atoms. The van der Waals surface area contributed by atoms with E-state index in [1.807, 2.05) is 21.1 Å². The lowest BCUT2D eigenvalue weighted by molar-refractivity contribution is -0.870. The summed E-state index contributed by atoms with van der Waals surface area (Å²) in [7, 11) is 1.46. The van der Waals surface area contributed by atoms with Gasteiger partial charge in [0.2, 0.25) is 0 Å². The number of likely N-dealkylation sites (N-methyl/N-ethyl adjacent to an activating group) is 1. The number of carbonyl (C=O) groups excluding carboxylic acids is 2. The predicted molar refractivity (Wildman–Crippen MR) is 408 cm³/mol. The van der Waals surface area contributed by atoms with E-state index in [2.05, 4.69) is 160 Å². The van der Waals surface area contributed by atoms with Crippen LogP contribution in [0.1, 0.15) is 322 Å². The van der Waals surface area contributed by atoms with Crippen molar-refractivity contribution in [2.24, 2.45) is 0 Å². The Bertz CT molecular complexity index is 2100. The lowest BCUT2D eigenvalue weighted by Crippen LogP contribution is -2.37. The molecule has 0 aliphatic rings. The number of hydrogen-bond donors (Lipinski definition) is 1. The second-order valence-electron chi connectivity index (χ2n) is 26.6. The van der Waals surface area contributed by atoms with Gasteiger partial charge in [-0.3, -0.25) is 18.6 Å². The van der Waals surface area contributed by atoms with Crippen LogP contribution >= 0.6 is 7.82 Å². The highest BCUT2D eigenvalue weighted by Crippen LogP contribution is 2.43. The molecular formula is C84H145NO8P+. The maximum Gasteiger partial charge on any atom is 0.472 e. The summed E-state index contributed by atoms with van der Waals surface area (Å²) in [6.45, 7) is 4.21. The molecule has 538 valence electrons. The lowest BCUT2D eigenvalue weighted by Gasteiger charge is -2.24. The zero-order valence-corrected chi connectivity index (χ0v) is 62.3. The molecule has 0 saturated carbocycles. The second kappa shape index (κ2) is 73.1. The number of carbonyl (C=O) groups is 2. The molecule has 0 spiro atoms. The largest absolute Gasteiger partial charge is 0.472 e. The smallest absolute Gasteiger partial charge is 0.462 e. The highest BCUT2D eigenvalue weighted by molar-refractivity contribution is 7.47. The Morgan fingerprint density at radius 1 is 0.330 bits per heavy atom. The first-order valence-corrected chi connectivity index (χ1v) is 40.1. The maximum atomic E-state index is 12.9. The summed E-state index contributed by atoms with van der Waals surface area (Å²) in [5.41, 5.74) is 0. The van der Waals surface area contributed by atoms with Gasteiger partial charge >= 0.3 is 19.8 Å². The van der Waals surface area contributed by atoms with Gasteiger partial charge in [-0.2, -0.15) is 0 Å². The van der Waals surface area contributed by atoms with Gasteiger partial charge in [-0.15, -0.1) is 0 Å². The molecular weight excluding hydrogens is 1180 g/mol. The molecule has 2 atom stereocenters. The SMILES string of the molecule is CC/C=C\C/C=C\C/C=C\C/C=C\C/C=C\C/C=C\C/C=C\CCCCCCCCCC(=O)OC(COC(=O)CCCCCCCCCCCCCCCCCCCCCCCCCCC/C=C\C/C=C\C/C=C\C/C=C\C/C=C\CC)COP(=O)(O)OCC[N+](C)(C)C. The third kappa shape index (κ3) is 76.9. The normalized spacial score (nSPS) is 13.9. The standard InChI is InChI=1S/C84H144NO8P/c1-6-8-10-12-14-16-18-20-22-24-26-28-30-32-34-36-37-38-39-40-41-42-43-44-45-46-47-49-50-52-54-56-58-60-62-64-66-68-70-72-74-76-83(86)90-80-82(81-92-94(88,89)91-79-78-85(3,4)5)93-84(87)77-75-73-71-69-67-65-63-61-59-57-55-53-51-48-35-33-31-29-27-25-23-21-19-17-15-13-11-9-7-2/h8-11,14-17,20-23,26-29,32-35,51,53,57,59,82H,6-7,12-13,18-19,24-25,30-31,36-50,52,54-56,58,60-81H2,1-5H3/p+1/b10-8-,11-9-,16-14-,17-15-,22-20-,23-21-,28-26-,29-27-,34-32-,35-33-,53-51-,59-57-. The fourth-order valence-electron chi connectivity index (χ4n) is 10.6. The Morgan fingerprint density at radius 2 is 0.574 bits per heavy atom. The third-order valence-corrected chi connectivity index (χ3v) is 17.3. The molecule has 9 nitrogen and oxygen atoms in total. The van der Waals surface area contributed by atoms with E-state index >= 15 is 0 Å². The van der Waals surface area contributed by atoms with Gasteiger partial charge < -0.3 is 18.9 Å². The van der Waals surface area contributed by atoms with Crippen LogP contribution in [-0.2, 0) is 32.7 Å². The molecule has 0 heterocycles. The fraction of sp³-hybridized carbons (Fsp3) is 0.690. The average Bonchev–Trinajstić information content (AvgIpc) is 1.65. The van der Waals surface area contributed by atoms with E-state index in [9.17, 15) is 19.0 Å². The summed E-state index contributed by atoms with van der Waals surface area (Å²) in [4.78, 5) is 35.9. The first-order valence-electron chi connectivity index (χ1n) is 38.6. The first kappa shape index (κ1) is 89.9. The van der Waals surface area contributed by atoms with E-state index in [4.69, 9.17) is 18.5 Å². The Hall–Kier alpha value is -4.11. The van der Waals surface area contributed by atoms with Gasteiger partial charge in [-0.25, -0.2) is 4.57 Å². The van der Waals surface area contributed by atoms with E-state index in [1.54, 1.807) is 0 Å². The number of phosphoric ester groups is 1. The molecule has 10 heteroatoms. The number of rotatable bonds is 70. The zero-order valence-electron chi connectivity index (χ0n) is 61.4. The topological polar surface area (TPSA) is 108 Å². The van der Waals surface area contributed by atoms with Crippen LogP contribution in [-0.4, -0.2) is 74.9 Å². The minimum Gasteiger partial charge on any atom is -0.462 e. The molecule has 0 aromatic carbocycles. The Balaban J connectivity index is 3.98. The van der Waals surface area contributed by atoms with Crippen molar-refractivity contribution in [3.63, 3.8) is 0 Å². The summed E-state index contributed by atoms with van der Waals surface area (Å²) in [5, 5.41) is 0. The Morgan fingerprint density at radius 3 is 0.851 bits per heavy atom. The van der Waals surface area contributed by atoms with Crippen LogP contribution < -0.4 is 0 Å². The molecule has 0 rings (SSSR count). The van der Waals surface area contributed by atoms with E-state index in [-0.39, 0.29) is 32.0 Å². The number of esters is 2. The Kier molecular flexibility index (Phi) is 69.9. The maximum absolute atomic E-state index is 12.9. The van der Waals surface area contributed by atoms with Crippen LogP contribution in [0.15, 0.2) is 146 Å². The molecule has 1 N–H and O–H groups in total. The first-order chi connectivity index (χ1) is 46.0. The predicted octanol–water partition coefficient (Wildman–Crippen LogP) is 25.7. The molecule has 0 aromatic heterocycles. The third-order valence-electron chi connectivity index (χ3n) is 16.4. The van der Waals surface area contributed by atoms with Crippen molar-refractivity contribution in [1.82, 2.24) is 0 Å². The summed E-state index contributed by atoms with van der Waals surface area (Å²) >= 11 is 0. The van der Waals surface area contributed by atoms with Crippen molar-refractivity contribution in [2.75, 3.05) is 47.5 Å². The molecule has 0 saturated heterocycles. The summed E-state index contributed by atoms with van der Waals surface area (Å²) < 4.78 is 34.8. The molecule has 2 unspecified atom stereocenters. The van der Waals surface area contributed by atoms with Crippen LogP contribution in [0.4, 0.5) is 0 Å². The van der Waals surface area contributed by atoms with Crippen molar-refractivity contribution in [1.29, 1.82) is 0 Å². The van der Waals surface area contributed by atoms with Gasteiger partial charge in [0.05, 0.1) is 27.7 Å². The van der Waals surface area contributed by atoms with E-state index in [0.29, 0.717) is 17.4 Å². The van der Waals surface area contributed by atoms with E-state index in [1.165, 1.54) is 167 Å². The number of ether oxygens (including phenoxy) is 2. The van der Waals surface area contributed by atoms with Crippen LogP contribution in [0.5, 0.6) is 0 Å². The van der Waals surface area contributed by atoms with Crippen LogP contribution in [0.2, 0.25) is 0 Å². The van der Waals surface area contributed by atoms with E-state index in [0.717, 1.165) is 122 Å². The number of nitrogens with zero attached hydrogens (tertiary/aromatic N) is 1. The van der Waals surface area contributed by atoms with Gasteiger partial charge in [-0.1, -0.05) is 339 Å². The minimum absolute atomic E-state index is 0.0244. The number of phosphoric acid groups is 1. The van der Waals surface area contributed by atoms with Crippen LogP contribution in [0.25, 0.3) is 0 Å².